The third-order valence-electron chi connectivity index (χ3n) is 2.39. The number of aromatic hydroxyl groups is 1. The van der Waals surface area contributed by atoms with E-state index in [-0.39, 0.29) is 5.75 Å². The predicted octanol–water partition coefficient (Wildman–Crippen LogP) is 3.47. The monoisotopic (exact) mass is 292 g/mol. The van der Waals surface area contributed by atoms with Crippen LogP contribution in [0, 0.1) is 6.92 Å². The summed E-state index contributed by atoms with van der Waals surface area (Å²) in [6, 6.07) is 11.3. The fourth-order valence-corrected chi connectivity index (χ4v) is 1.75. The summed E-state index contributed by atoms with van der Waals surface area (Å²) < 4.78 is 1.04. The van der Waals surface area contributed by atoms with E-state index >= 15 is 0 Å². The Balaban J connectivity index is 2.07. The molecule has 4 heteroatoms. The molecule has 0 bridgehead atoms. The molecule has 0 fully saturated rings. The topological polar surface area (TPSA) is 45.1 Å². The normalized spacial score (nSPS) is 10.2. The summed E-state index contributed by atoms with van der Waals surface area (Å²) in [4.78, 5) is 4.28. The van der Waals surface area contributed by atoms with E-state index < -0.39 is 0 Å². The van der Waals surface area contributed by atoms with Crippen LogP contribution >= 0.6 is 15.9 Å². The van der Waals surface area contributed by atoms with Crippen LogP contribution in [-0.4, -0.2) is 10.1 Å². The van der Waals surface area contributed by atoms with Crippen LogP contribution in [0.5, 0.6) is 5.75 Å². The molecule has 1 aromatic carbocycles. The lowest BCUT2D eigenvalue weighted by Crippen LogP contribution is -2.02. The number of hydrogen-bond acceptors (Lipinski definition) is 3. The van der Waals surface area contributed by atoms with Crippen molar-refractivity contribution in [2.75, 3.05) is 5.32 Å². The largest absolute Gasteiger partial charge is 0.506 e. The molecule has 0 amide bonds. The number of hydrogen-bond donors (Lipinski definition) is 2. The van der Waals surface area contributed by atoms with E-state index in [1.54, 1.807) is 12.1 Å². The van der Waals surface area contributed by atoms with Crippen molar-refractivity contribution in [3.8, 4) is 5.75 Å². The van der Waals surface area contributed by atoms with Crippen LogP contribution in [0.3, 0.4) is 0 Å². The Hall–Kier alpha value is -1.55. The third-order valence-corrected chi connectivity index (χ3v) is 2.92. The molecule has 1 aromatic heterocycles. The lowest BCUT2D eigenvalue weighted by molar-refractivity contribution is 0.464. The van der Waals surface area contributed by atoms with Gasteiger partial charge in [-0.05, 0) is 43.3 Å². The number of pyridine rings is 1. The zero-order valence-corrected chi connectivity index (χ0v) is 11.0. The van der Waals surface area contributed by atoms with Crippen LogP contribution in [0.2, 0.25) is 0 Å². The summed E-state index contributed by atoms with van der Waals surface area (Å²) in [5.74, 6) is 0.222. The number of benzene rings is 1. The van der Waals surface area contributed by atoms with Gasteiger partial charge in [0.2, 0.25) is 0 Å². The van der Waals surface area contributed by atoms with Gasteiger partial charge in [-0.1, -0.05) is 15.9 Å². The summed E-state index contributed by atoms with van der Waals surface area (Å²) in [5, 5.41) is 12.9. The first-order valence-electron chi connectivity index (χ1n) is 5.30. The molecule has 0 aliphatic rings. The second kappa shape index (κ2) is 5.19. The Morgan fingerprint density at radius 2 is 1.88 bits per heavy atom. The molecule has 0 aliphatic carbocycles. The highest BCUT2D eigenvalue weighted by molar-refractivity contribution is 9.10. The number of halogens is 1. The van der Waals surface area contributed by atoms with Crippen molar-refractivity contribution in [2.24, 2.45) is 0 Å². The molecule has 2 rings (SSSR count). The molecule has 3 nitrogen and oxygen atoms in total. The zero-order valence-electron chi connectivity index (χ0n) is 9.44. The minimum atomic E-state index is 0.222. The highest BCUT2D eigenvalue weighted by atomic mass is 79.9. The van der Waals surface area contributed by atoms with Gasteiger partial charge in [-0.2, -0.15) is 0 Å². The third kappa shape index (κ3) is 3.20. The lowest BCUT2D eigenvalue weighted by atomic mass is 10.2. The SMILES string of the molecule is Cc1ccc(O)c(CNc2ccc(Br)cc2)n1. The molecular formula is C13H13BrN2O. The maximum Gasteiger partial charge on any atom is 0.138 e. The molecule has 88 valence electrons. The summed E-state index contributed by atoms with van der Waals surface area (Å²) >= 11 is 3.38. The Bertz CT molecular complexity index is 511. The first kappa shape index (κ1) is 11.9. The molecule has 1 heterocycles. The smallest absolute Gasteiger partial charge is 0.138 e. The van der Waals surface area contributed by atoms with Crippen molar-refractivity contribution in [3.63, 3.8) is 0 Å². The standard InChI is InChI=1S/C13H13BrN2O/c1-9-2-7-13(17)12(16-9)8-15-11-5-3-10(14)4-6-11/h2-7,15,17H,8H2,1H3. The number of aryl methyl sites for hydroxylation is 1. The summed E-state index contributed by atoms with van der Waals surface area (Å²) in [5.41, 5.74) is 2.55. The van der Waals surface area contributed by atoms with Crippen molar-refractivity contribution in [1.82, 2.24) is 4.98 Å². The number of rotatable bonds is 3. The van der Waals surface area contributed by atoms with Crippen molar-refractivity contribution < 1.29 is 5.11 Å². The summed E-state index contributed by atoms with van der Waals surface area (Å²) in [6.45, 7) is 2.41. The number of anilines is 1. The van der Waals surface area contributed by atoms with Crippen LogP contribution in [0.15, 0.2) is 40.9 Å². The van der Waals surface area contributed by atoms with E-state index in [0.29, 0.717) is 12.2 Å². The maximum atomic E-state index is 9.65. The minimum absolute atomic E-state index is 0.222. The molecule has 0 unspecified atom stereocenters. The zero-order chi connectivity index (χ0) is 12.3. The molecule has 0 atom stereocenters. The van der Waals surface area contributed by atoms with Crippen molar-refractivity contribution in [3.05, 3.63) is 52.3 Å². The van der Waals surface area contributed by atoms with Crippen LogP contribution in [0.4, 0.5) is 5.69 Å². The first-order valence-corrected chi connectivity index (χ1v) is 6.09. The van der Waals surface area contributed by atoms with Gasteiger partial charge in [0.15, 0.2) is 0 Å². The molecule has 2 aromatic rings. The molecular weight excluding hydrogens is 280 g/mol. The van der Waals surface area contributed by atoms with Gasteiger partial charge in [-0.15, -0.1) is 0 Å². The highest BCUT2D eigenvalue weighted by Crippen LogP contribution is 2.18. The average molecular weight is 293 g/mol. The Labute approximate surface area is 109 Å². The second-order valence-corrected chi connectivity index (χ2v) is 4.69. The number of nitrogens with one attached hydrogen (secondary N) is 1. The van der Waals surface area contributed by atoms with Crippen LogP contribution in [-0.2, 0) is 6.54 Å². The molecule has 0 saturated heterocycles. The molecule has 2 N–H and O–H groups in total. The lowest BCUT2D eigenvalue weighted by Gasteiger charge is -2.08. The Morgan fingerprint density at radius 1 is 1.18 bits per heavy atom. The maximum absolute atomic E-state index is 9.65. The van der Waals surface area contributed by atoms with Crippen molar-refractivity contribution in [1.29, 1.82) is 0 Å². The molecule has 0 saturated carbocycles. The summed E-state index contributed by atoms with van der Waals surface area (Å²) in [7, 11) is 0. The predicted molar refractivity (Wildman–Crippen MR) is 72.1 cm³/mol. The highest BCUT2D eigenvalue weighted by Gasteiger charge is 2.02. The fraction of sp³-hybridized carbons (Fsp3) is 0.154. The quantitative estimate of drug-likeness (QED) is 0.910. The van der Waals surface area contributed by atoms with E-state index in [1.165, 1.54) is 0 Å². The second-order valence-electron chi connectivity index (χ2n) is 3.78. The van der Waals surface area contributed by atoms with Gasteiger partial charge in [0, 0.05) is 15.9 Å². The molecule has 0 radical (unpaired) electrons. The van der Waals surface area contributed by atoms with Crippen LogP contribution in [0.25, 0.3) is 0 Å². The van der Waals surface area contributed by atoms with Gasteiger partial charge >= 0.3 is 0 Å². The van der Waals surface area contributed by atoms with E-state index in [4.69, 9.17) is 0 Å². The summed E-state index contributed by atoms with van der Waals surface area (Å²) in [6.07, 6.45) is 0. The average Bonchev–Trinajstić information content (AvgIpc) is 2.32. The van der Waals surface area contributed by atoms with Gasteiger partial charge in [0.05, 0.1) is 6.54 Å². The van der Waals surface area contributed by atoms with Gasteiger partial charge in [0.25, 0.3) is 0 Å². The van der Waals surface area contributed by atoms with E-state index in [0.717, 1.165) is 15.9 Å². The van der Waals surface area contributed by atoms with Gasteiger partial charge < -0.3 is 10.4 Å². The van der Waals surface area contributed by atoms with Crippen LogP contribution in [0.1, 0.15) is 11.4 Å². The van der Waals surface area contributed by atoms with Crippen molar-refractivity contribution in [2.45, 2.75) is 13.5 Å². The van der Waals surface area contributed by atoms with Crippen LogP contribution < -0.4 is 5.32 Å². The molecule has 0 aliphatic heterocycles. The Kier molecular flexibility index (Phi) is 3.64. The van der Waals surface area contributed by atoms with Gasteiger partial charge in [0.1, 0.15) is 11.4 Å². The minimum Gasteiger partial charge on any atom is -0.506 e. The van der Waals surface area contributed by atoms with E-state index in [1.807, 2.05) is 31.2 Å². The number of nitrogens with zero attached hydrogens (tertiary/aromatic N) is 1. The van der Waals surface area contributed by atoms with E-state index in [2.05, 4.69) is 26.2 Å². The van der Waals surface area contributed by atoms with Crippen molar-refractivity contribution >= 4 is 21.6 Å². The fourth-order valence-electron chi connectivity index (χ4n) is 1.49. The Morgan fingerprint density at radius 3 is 2.59 bits per heavy atom. The first-order chi connectivity index (χ1) is 8.15. The van der Waals surface area contributed by atoms with E-state index in [9.17, 15) is 5.11 Å². The number of aromatic nitrogens is 1. The van der Waals surface area contributed by atoms with Gasteiger partial charge in [-0.25, -0.2) is 0 Å². The molecule has 0 spiro atoms. The molecule has 17 heavy (non-hydrogen) atoms. The van der Waals surface area contributed by atoms with Gasteiger partial charge in [-0.3, -0.25) is 4.98 Å².